The van der Waals surface area contributed by atoms with Gasteiger partial charge < -0.3 is 41.7 Å². The Morgan fingerprint density at radius 3 is 1.52 bits per heavy atom. The molecule has 0 aromatic heterocycles. The second-order valence-electron chi connectivity index (χ2n) is 12.3. The van der Waals surface area contributed by atoms with Gasteiger partial charge in [-0.2, -0.15) is 26.3 Å². The molecule has 278 valence electrons. The molecule has 0 aliphatic heterocycles. The molecule has 0 aromatic carbocycles. The molecule has 0 saturated carbocycles. The first-order valence-electron chi connectivity index (χ1n) is 14.8. The number of aliphatic carboxylic acids is 1. The summed E-state index contributed by atoms with van der Waals surface area (Å²) in [7, 11) is 0. The maximum Gasteiger partial charge on any atom is 0.411 e. The maximum atomic E-state index is 13.9. The van der Waals surface area contributed by atoms with Gasteiger partial charge >= 0.3 is 18.3 Å². The number of alkyl halides is 6. The van der Waals surface area contributed by atoms with Gasteiger partial charge in [-0.25, -0.2) is 0 Å². The molecule has 4 amide bonds. The molecule has 0 aromatic rings. The molecule has 0 rings (SSSR count). The largest absolute Gasteiger partial charge is 0.862 e. The first kappa shape index (κ1) is 44.3. The van der Waals surface area contributed by atoms with Crippen LogP contribution in [0, 0.1) is 17.8 Å². The Kier molecular flexibility index (Phi) is 17.3. The van der Waals surface area contributed by atoms with Crippen LogP contribution in [0.15, 0.2) is 4.99 Å². The van der Waals surface area contributed by atoms with Crippen molar-refractivity contribution in [1.29, 1.82) is 0 Å². The third-order valence-corrected chi connectivity index (χ3v) is 6.63. The van der Waals surface area contributed by atoms with Crippen LogP contribution in [0.3, 0.4) is 0 Å². The molecular formula is C28H44F6N5O9-. The van der Waals surface area contributed by atoms with Crippen molar-refractivity contribution in [2.45, 2.75) is 122 Å². The minimum atomic E-state index is -5.37. The molecule has 20 heteroatoms. The Balaban J connectivity index is 5.76. The van der Waals surface area contributed by atoms with Crippen molar-refractivity contribution in [2.75, 3.05) is 0 Å². The van der Waals surface area contributed by atoms with Crippen LogP contribution in [0.4, 0.5) is 26.3 Å². The highest BCUT2D eigenvalue weighted by atomic mass is 19.4. The summed E-state index contributed by atoms with van der Waals surface area (Å²) in [4.78, 5) is 65.0. The van der Waals surface area contributed by atoms with Crippen LogP contribution in [0.25, 0.3) is 0 Å². The summed E-state index contributed by atoms with van der Waals surface area (Å²) in [5.41, 5.74) is 0. The van der Waals surface area contributed by atoms with Crippen LogP contribution in [0.5, 0.6) is 0 Å². The molecule has 1 unspecified atom stereocenters. The van der Waals surface area contributed by atoms with Crippen LogP contribution in [0.1, 0.15) is 67.7 Å². The quantitative estimate of drug-likeness (QED) is 0.0583. The molecule has 0 radical (unpaired) electrons. The summed E-state index contributed by atoms with van der Waals surface area (Å²) in [5, 5.41) is 47.6. The number of carboxylic acid groups (broad SMARTS) is 1. The zero-order chi connectivity index (χ0) is 37.9. The fraction of sp³-hybridized carbons (Fsp3) is 0.786. The van der Waals surface area contributed by atoms with Gasteiger partial charge in [0.25, 0.3) is 0 Å². The number of aliphatic imine (C=N–C) groups is 1. The molecule has 0 spiro atoms. The maximum absolute atomic E-state index is 13.9. The predicted molar refractivity (Wildman–Crippen MR) is 155 cm³/mol. The molecule has 0 saturated heterocycles. The van der Waals surface area contributed by atoms with Crippen LogP contribution in [-0.2, 0) is 24.0 Å². The molecule has 0 bridgehead atoms. The first-order valence-corrected chi connectivity index (χ1v) is 14.8. The molecule has 48 heavy (non-hydrogen) atoms. The number of carbonyl (C=O) groups is 5. The van der Waals surface area contributed by atoms with E-state index in [2.05, 4.69) is 10.3 Å². The monoisotopic (exact) mass is 708 g/mol. The fourth-order valence-electron chi connectivity index (χ4n) is 4.13. The number of hydrogen-bond acceptors (Lipinski definition) is 9. The number of amides is 4. The normalized spacial score (nSPS) is 17.2. The van der Waals surface area contributed by atoms with Gasteiger partial charge in [-0.05, 0) is 37.0 Å². The fourth-order valence-corrected chi connectivity index (χ4v) is 4.13. The lowest BCUT2D eigenvalue weighted by Gasteiger charge is -2.30. The van der Waals surface area contributed by atoms with E-state index in [0.29, 0.717) is 0 Å². The Hall–Kier alpha value is -3.68. The van der Waals surface area contributed by atoms with Crippen molar-refractivity contribution < 1.29 is 70.7 Å². The highest BCUT2D eigenvalue weighted by Gasteiger charge is 2.48. The van der Waals surface area contributed by atoms with E-state index in [-0.39, 0.29) is 12.3 Å². The van der Waals surface area contributed by atoms with Gasteiger partial charge in [0.05, 0.1) is 25.0 Å². The highest BCUT2D eigenvalue weighted by molar-refractivity contribution is 5.91. The minimum absolute atomic E-state index is 0.0246. The number of carbonyl (C=O) groups excluding carboxylic acids is 4. The van der Waals surface area contributed by atoms with E-state index in [1.807, 2.05) is 0 Å². The van der Waals surface area contributed by atoms with Gasteiger partial charge in [-0.3, -0.25) is 29.0 Å². The number of carboxylic acids is 1. The van der Waals surface area contributed by atoms with Gasteiger partial charge in [0, 0.05) is 0 Å². The smallest absolute Gasteiger partial charge is 0.411 e. The van der Waals surface area contributed by atoms with Crippen molar-refractivity contribution in [3.8, 4) is 0 Å². The third-order valence-electron chi connectivity index (χ3n) is 6.63. The molecule has 0 heterocycles. The highest BCUT2D eigenvalue weighted by Crippen LogP contribution is 2.26. The number of halogens is 6. The number of nitrogens with one attached hydrogen (secondary N) is 4. The van der Waals surface area contributed by atoms with Crippen molar-refractivity contribution in [2.24, 2.45) is 22.7 Å². The van der Waals surface area contributed by atoms with E-state index in [1.54, 1.807) is 38.3 Å². The van der Waals surface area contributed by atoms with E-state index >= 15 is 0 Å². The van der Waals surface area contributed by atoms with Crippen molar-refractivity contribution >= 4 is 35.5 Å². The van der Waals surface area contributed by atoms with Gasteiger partial charge in [-0.1, -0.05) is 41.5 Å². The number of aliphatic hydroxyl groups excluding tert-OH is 2. The van der Waals surface area contributed by atoms with Gasteiger partial charge in [0.1, 0.15) is 18.1 Å². The van der Waals surface area contributed by atoms with E-state index in [1.165, 1.54) is 19.2 Å². The van der Waals surface area contributed by atoms with Gasteiger partial charge in [0.2, 0.25) is 23.6 Å². The van der Waals surface area contributed by atoms with Crippen LogP contribution in [0.2, 0.25) is 0 Å². The Morgan fingerprint density at radius 1 is 0.667 bits per heavy atom. The minimum Gasteiger partial charge on any atom is -0.862 e. The second-order valence-corrected chi connectivity index (χ2v) is 12.3. The topological polar surface area (TPSA) is 230 Å². The average molecular weight is 709 g/mol. The standard InChI is InChI=1S/C28H45F6N5O9/c1-11(2)8-17(42)36-20(12(3)4)25(47)37-21(13(5)6)26(48)39-22(27(29,30)31)15(40)9-18(43)35-14(7)24(46)38-23(28(32,33)34)16(41)10-19(44)45/h11-16,20-23,40-41H,8-10H2,1-7H3,(H,35,43)(H,36,42)(H,37,47)(H,38,46)(H,39,48)(H,44,45)/p-1/t14-,15-,16?,20-,21-,22+,23+/m0/s1. The third kappa shape index (κ3) is 15.5. The van der Waals surface area contributed by atoms with Gasteiger partial charge in [0.15, 0.2) is 12.1 Å². The average Bonchev–Trinajstić information content (AvgIpc) is 2.88. The molecule has 0 fully saturated rings. The summed E-state index contributed by atoms with van der Waals surface area (Å²) >= 11 is 0. The zero-order valence-electron chi connectivity index (χ0n) is 27.4. The van der Waals surface area contributed by atoms with Crippen molar-refractivity contribution in [3.05, 3.63) is 0 Å². The van der Waals surface area contributed by atoms with E-state index in [9.17, 15) is 65.6 Å². The Labute approximate surface area is 273 Å². The lowest BCUT2D eigenvalue weighted by molar-refractivity contribution is -0.220. The molecule has 0 aliphatic rings. The van der Waals surface area contributed by atoms with Crippen LogP contribution in [-0.4, -0.2) is 106 Å². The Morgan fingerprint density at radius 2 is 1.12 bits per heavy atom. The molecule has 7 N–H and O–H groups in total. The summed E-state index contributed by atoms with van der Waals surface area (Å²) < 4.78 is 81.5. The molecule has 14 nitrogen and oxygen atoms in total. The van der Waals surface area contributed by atoms with Crippen molar-refractivity contribution in [3.63, 3.8) is 0 Å². The predicted octanol–water partition coefficient (Wildman–Crippen LogP) is 0.142. The van der Waals surface area contributed by atoms with Crippen LogP contribution >= 0.6 is 0 Å². The lowest BCUT2D eigenvalue weighted by atomic mass is 9.99. The molecule has 7 atom stereocenters. The zero-order valence-corrected chi connectivity index (χ0v) is 27.4. The van der Waals surface area contributed by atoms with E-state index < -0.39 is 115 Å². The van der Waals surface area contributed by atoms with Crippen molar-refractivity contribution in [1.82, 2.24) is 21.3 Å². The summed E-state index contributed by atoms with van der Waals surface area (Å²) in [5.74, 6) is -9.26. The SMILES string of the molecule is CC(C)CC([O-])=N[C@H](C(=O)N[C@H](C(=O)N[C@H]([C@@H](O)CC(=O)N[C@@H](C)C(=O)N[C@H](C(O)CC(=O)O)C(F)(F)F)C(F)(F)F)C(C)C)C(C)C. The number of nitrogens with zero attached hydrogens (tertiary/aromatic N) is 1. The summed E-state index contributed by atoms with van der Waals surface area (Å²) in [6, 6.07) is -10.9. The van der Waals surface area contributed by atoms with Crippen LogP contribution < -0.4 is 26.4 Å². The Bertz CT molecular complexity index is 1150. The number of rotatable bonds is 18. The lowest BCUT2D eigenvalue weighted by Crippen LogP contribution is -2.60. The van der Waals surface area contributed by atoms with E-state index in [0.717, 1.165) is 6.92 Å². The van der Waals surface area contributed by atoms with Gasteiger partial charge in [-0.15, -0.1) is 0 Å². The summed E-state index contributed by atoms with van der Waals surface area (Å²) in [6.45, 7) is 10.2. The summed E-state index contributed by atoms with van der Waals surface area (Å²) in [6.07, 6.45) is -18.8. The first-order chi connectivity index (χ1) is 21.7. The molecule has 0 aliphatic carbocycles. The number of aliphatic hydroxyl groups is 2. The van der Waals surface area contributed by atoms with E-state index in [4.69, 9.17) is 5.11 Å². The number of hydrogen-bond donors (Lipinski definition) is 7. The second kappa shape index (κ2) is 18.8. The molecular weight excluding hydrogens is 664 g/mol.